The summed E-state index contributed by atoms with van der Waals surface area (Å²) in [5.41, 5.74) is 1.60. The van der Waals surface area contributed by atoms with Crippen molar-refractivity contribution in [2.24, 2.45) is 0 Å². The molecule has 0 heterocycles. The van der Waals surface area contributed by atoms with Crippen molar-refractivity contribution in [1.29, 1.82) is 0 Å². The third kappa shape index (κ3) is 6.06. The Kier molecular flexibility index (Phi) is 7.81. The van der Waals surface area contributed by atoms with Gasteiger partial charge in [-0.1, -0.05) is 41.9 Å². The maximum Gasteiger partial charge on any atom is 0.246 e. The zero-order chi connectivity index (χ0) is 23.1. The van der Waals surface area contributed by atoms with E-state index in [1.165, 1.54) is 31.4 Å². The van der Waals surface area contributed by atoms with Crippen LogP contribution in [-0.4, -0.2) is 37.4 Å². The lowest BCUT2D eigenvalue weighted by Gasteiger charge is -2.27. The number of nitrogens with zero attached hydrogens (tertiary/aromatic N) is 1. The Morgan fingerprint density at radius 2 is 1.72 bits per heavy atom. The Hall–Kier alpha value is -3.42. The van der Waals surface area contributed by atoms with E-state index in [0.717, 1.165) is 0 Å². The first-order valence-electron chi connectivity index (χ1n) is 9.82. The molecule has 8 heteroatoms. The van der Waals surface area contributed by atoms with Crippen LogP contribution in [0.25, 0.3) is 0 Å². The highest BCUT2D eigenvalue weighted by Gasteiger charge is 2.27. The predicted octanol–water partition coefficient (Wildman–Crippen LogP) is 4.74. The Morgan fingerprint density at radius 1 is 1.03 bits per heavy atom. The predicted molar refractivity (Wildman–Crippen MR) is 123 cm³/mol. The summed E-state index contributed by atoms with van der Waals surface area (Å²) in [6, 6.07) is 18.7. The van der Waals surface area contributed by atoms with Crippen molar-refractivity contribution >= 4 is 34.8 Å². The fraction of sp³-hybridized carbons (Fsp3) is 0.167. The third-order valence-electron chi connectivity index (χ3n) is 4.74. The summed E-state index contributed by atoms with van der Waals surface area (Å²) in [6.45, 7) is -0.0773. The van der Waals surface area contributed by atoms with Gasteiger partial charge in [-0.05, 0) is 55.1 Å². The van der Waals surface area contributed by atoms with Crippen LogP contribution < -0.4 is 15.4 Å². The number of rotatable bonds is 8. The molecule has 166 valence electrons. The molecular formula is C24H23ClFN3O3. The van der Waals surface area contributed by atoms with Crippen molar-refractivity contribution < 1.29 is 18.7 Å². The number of methoxy groups -OCH3 is 1. The number of carbonyl (C=O) groups excluding carboxylic acids is 2. The number of carbonyl (C=O) groups is 2. The van der Waals surface area contributed by atoms with Crippen LogP contribution in [0.1, 0.15) is 11.6 Å². The molecular weight excluding hydrogens is 433 g/mol. The molecule has 2 amide bonds. The zero-order valence-electron chi connectivity index (χ0n) is 17.6. The smallest absolute Gasteiger partial charge is 0.246 e. The first-order valence-corrected chi connectivity index (χ1v) is 10.2. The number of halogens is 2. The van der Waals surface area contributed by atoms with E-state index in [1.807, 2.05) is 30.3 Å². The van der Waals surface area contributed by atoms with Crippen LogP contribution in [0, 0.1) is 5.82 Å². The van der Waals surface area contributed by atoms with Crippen LogP contribution in [0.4, 0.5) is 15.8 Å². The zero-order valence-corrected chi connectivity index (χ0v) is 18.4. The summed E-state index contributed by atoms with van der Waals surface area (Å²) in [5.74, 6) is -0.617. The first-order chi connectivity index (χ1) is 15.4. The van der Waals surface area contributed by atoms with Crippen molar-refractivity contribution in [3.63, 3.8) is 0 Å². The van der Waals surface area contributed by atoms with Gasteiger partial charge in [-0.2, -0.15) is 0 Å². The Bertz CT molecular complexity index is 1080. The van der Waals surface area contributed by atoms with E-state index in [2.05, 4.69) is 10.6 Å². The van der Waals surface area contributed by atoms with Gasteiger partial charge < -0.3 is 15.4 Å². The number of nitrogens with one attached hydrogen (secondary N) is 2. The summed E-state index contributed by atoms with van der Waals surface area (Å²) in [4.78, 5) is 27.5. The maximum absolute atomic E-state index is 13.2. The number of anilines is 2. The standard InChI is InChI=1S/C24H23ClFN3O3/c1-29(15-22(30)28-20-14-17(25)8-13-21(20)32-2)23(16-6-4-3-5-7-16)24(31)27-19-11-9-18(26)10-12-19/h3-14,23H,15H2,1-2H3,(H,27,31)(H,28,30). The number of amides is 2. The summed E-state index contributed by atoms with van der Waals surface area (Å²) < 4.78 is 18.5. The molecule has 0 radical (unpaired) electrons. The SMILES string of the molecule is COc1ccc(Cl)cc1NC(=O)CN(C)C(C(=O)Nc1ccc(F)cc1)c1ccccc1. The van der Waals surface area contributed by atoms with E-state index >= 15 is 0 Å². The molecule has 0 saturated carbocycles. The highest BCUT2D eigenvalue weighted by molar-refractivity contribution is 6.31. The molecule has 2 N–H and O–H groups in total. The van der Waals surface area contributed by atoms with Gasteiger partial charge in [0, 0.05) is 10.7 Å². The van der Waals surface area contributed by atoms with Crippen molar-refractivity contribution in [3.05, 3.63) is 89.2 Å². The van der Waals surface area contributed by atoms with Gasteiger partial charge in [-0.25, -0.2) is 4.39 Å². The van der Waals surface area contributed by atoms with Gasteiger partial charge in [0.05, 0.1) is 19.3 Å². The quantitative estimate of drug-likeness (QED) is 0.514. The monoisotopic (exact) mass is 455 g/mol. The molecule has 0 aliphatic heterocycles. The van der Waals surface area contributed by atoms with Gasteiger partial charge in [-0.15, -0.1) is 0 Å². The molecule has 0 fully saturated rings. The van der Waals surface area contributed by atoms with Crippen LogP contribution in [-0.2, 0) is 9.59 Å². The topological polar surface area (TPSA) is 70.7 Å². The second kappa shape index (κ2) is 10.7. The van der Waals surface area contributed by atoms with Crippen molar-refractivity contribution in [1.82, 2.24) is 4.90 Å². The fourth-order valence-corrected chi connectivity index (χ4v) is 3.44. The van der Waals surface area contributed by atoms with E-state index in [1.54, 1.807) is 30.1 Å². The number of benzene rings is 3. The van der Waals surface area contributed by atoms with Crippen LogP contribution in [0.15, 0.2) is 72.8 Å². The van der Waals surface area contributed by atoms with Gasteiger partial charge in [0.25, 0.3) is 0 Å². The maximum atomic E-state index is 13.2. The molecule has 0 saturated heterocycles. The molecule has 0 spiro atoms. The molecule has 0 bridgehead atoms. The van der Waals surface area contributed by atoms with Crippen LogP contribution in [0.3, 0.4) is 0 Å². The molecule has 3 aromatic carbocycles. The third-order valence-corrected chi connectivity index (χ3v) is 4.98. The molecule has 6 nitrogen and oxygen atoms in total. The van der Waals surface area contributed by atoms with Crippen LogP contribution in [0.2, 0.25) is 5.02 Å². The molecule has 3 aromatic rings. The Balaban J connectivity index is 1.77. The normalized spacial score (nSPS) is 11.7. The Morgan fingerprint density at radius 3 is 2.38 bits per heavy atom. The Labute approximate surface area is 191 Å². The van der Waals surface area contributed by atoms with E-state index in [9.17, 15) is 14.0 Å². The highest BCUT2D eigenvalue weighted by Crippen LogP contribution is 2.28. The van der Waals surface area contributed by atoms with Gasteiger partial charge in [0.1, 0.15) is 17.6 Å². The summed E-state index contributed by atoms with van der Waals surface area (Å²) >= 11 is 6.03. The lowest BCUT2D eigenvalue weighted by Crippen LogP contribution is -2.39. The van der Waals surface area contributed by atoms with Gasteiger partial charge in [-0.3, -0.25) is 14.5 Å². The minimum atomic E-state index is -0.756. The first kappa shape index (κ1) is 23.2. The second-order valence-electron chi connectivity index (χ2n) is 7.12. The average Bonchev–Trinajstić information content (AvgIpc) is 2.76. The molecule has 32 heavy (non-hydrogen) atoms. The second-order valence-corrected chi connectivity index (χ2v) is 7.55. The molecule has 0 aromatic heterocycles. The molecule has 1 unspecified atom stereocenters. The number of ether oxygens (including phenoxy) is 1. The average molecular weight is 456 g/mol. The molecule has 1 atom stereocenters. The number of hydrogen-bond acceptors (Lipinski definition) is 4. The largest absolute Gasteiger partial charge is 0.495 e. The molecule has 3 rings (SSSR count). The van der Waals surface area contributed by atoms with E-state index in [-0.39, 0.29) is 18.4 Å². The van der Waals surface area contributed by atoms with Crippen LogP contribution >= 0.6 is 11.6 Å². The van der Waals surface area contributed by atoms with E-state index < -0.39 is 11.9 Å². The van der Waals surface area contributed by atoms with Gasteiger partial charge >= 0.3 is 0 Å². The summed E-state index contributed by atoms with van der Waals surface area (Å²) in [5, 5.41) is 6.01. The number of likely N-dealkylation sites (N-methyl/N-ethyl adjacent to an activating group) is 1. The van der Waals surface area contributed by atoms with Crippen molar-refractivity contribution in [2.75, 3.05) is 31.3 Å². The lowest BCUT2D eigenvalue weighted by molar-refractivity contribution is -0.123. The van der Waals surface area contributed by atoms with Gasteiger partial charge in [0.15, 0.2) is 0 Å². The molecule has 0 aliphatic carbocycles. The number of hydrogen-bond donors (Lipinski definition) is 2. The highest BCUT2D eigenvalue weighted by atomic mass is 35.5. The van der Waals surface area contributed by atoms with E-state index in [0.29, 0.717) is 27.7 Å². The van der Waals surface area contributed by atoms with Crippen molar-refractivity contribution in [3.8, 4) is 5.75 Å². The van der Waals surface area contributed by atoms with E-state index in [4.69, 9.17) is 16.3 Å². The summed E-state index contributed by atoms with van der Waals surface area (Å²) in [6.07, 6.45) is 0. The minimum Gasteiger partial charge on any atom is -0.495 e. The minimum absolute atomic E-state index is 0.0773. The van der Waals surface area contributed by atoms with Crippen molar-refractivity contribution in [2.45, 2.75) is 6.04 Å². The lowest BCUT2D eigenvalue weighted by atomic mass is 10.0. The molecule has 0 aliphatic rings. The fourth-order valence-electron chi connectivity index (χ4n) is 3.27. The van der Waals surface area contributed by atoms with Gasteiger partial charge in [0.2, 0.25) is 11.8 Å². The summed E-state index contributed by atoms with van der Waals surface area (Å²) in [7, 11) is 3.17. The van der Waals surface area contributed by atoms with Crippen LogP contribution in [0.5, 0.6) is 5.75 Å².